The van der Waals surface area contributed by atoms with Gasteiger partial charge in [-0.15, -0.1) is 11.3 Å². The predicted octanol–water partition coefficient (Wildman–Crippen LogP) is 4.13. The lowest BCUT2D eigenvalue weighted by Crippen LogP contribution is -2.47. The van der Waals surface area contributed by atoms with Gasteiger partial charge in [0, 0.05) is 47.9 Å². The van der Waals surface area contributed by atoms with Gasteiger partial charge in [-0.05, 0) is 58.6 Å². The second-order valence-corrected chi connectivity index (χ2v) is 22.5. The van der Waals surface area contributed by atoms with Gasteiger partial charge in [-0.3, -0.25) is 14.6 Å². The summed E-state index contributed by atoms with van der Waals surface area (Å²) in [6.07, 6.45) is 5.34. The molecule has 1 atom stereocenters. The van der Waals surface area contributed by atoms with Gasteiger partial charge >= 0.3 is 0 Å². The van der Waals surface area contributed by atoms with Crippen molar-refractivity contribution in [2.75, 3.05) is 41.5 Å². The molecule has 0 aromatic carbocycles. The normalized spacial score (nSPS) is 16.3. The Labute approximate surface area is 304 Å². The zero-order chi connectivity index (χ0) is 38.6. The van der Waals surface area contributed by atoms with Crippen LogP contribution in [0.5, 0.6) is 0 Å². The third kappa shape index (κ3) is 10.4. The van der Waals surface area contributed by atoms with Crippen molar-refractivity contribution in [3.8, 4) is 11.3 Å². The number of hydrogen-bond donors (Lipinski definition) is 2. The SMILES string of the molecule is CC(C)(C)c1cc(NC(=O)C(C)(C)S(=O)(=O)CC2CCN(S(C)(=O)=O)C2)no1.CCCS(=O)(=O)C(C)(C)C(=O)Nc1nc(-c2ccncc2)cs1. The molecule has 0 spiro atoms. The first-order chi connectivity index (χ1) is 23.3. The molecular formula is C32H48N6O9S4. The number of carbonyl (C=O) groups excluding carboxylic acids is 2. The molecular weight excluding hydrogens is 741 g/mol. The average molecular weight is 789 g/mol. The highest BCUT2D eigenvalue weighted by Gasteiger charge is 2.45. The minimum atomic E-state index is -3.85. The number of sulfone groups is 2. The molecule has 0 radical (unpaired) electrons. The summed E-state index contributed by atoms with van der Waals surface area (Å²) < 4.78 is 76.7. The van der Waals surface area contributed by atoms with Gasteiger partial charge in [-0.1, -0.05) is 32.9 Å². The molecule has 1 saturated heterocycles. The summed E-state index contributed by atoms with van der Waals surface area (Å²) in [5.74, 6) is -1.18. The molecule has 1 unspecified atom stereocenters. The lowest BCUT2D eigenvalue weighted by atomic mass is 9.93. The minimum Gasteiger partial charge on any atom is -0.359 e. The fourth-order valence-corrected chi connectivity index (χ4v) is 9.41. The van der Waals surface area contributed by atoms with E-state index >= 15 is 0 Å². The number of nitrogens with zero attached hydrogens (tertiary/aromatic N) is 4. The molecule has 1 aliphatic heterocycles. The minimum absolute atomic E-state index is 0.0203. The molecule has 0 saturated carbocycles. The quantitative estimate of drug-likeness (QED) is 0.265. The van der Waals surface area contributed by atoms with Crippen molar-refractivity contribution in [3.63, 3.8) is 0 Å². The van der Waals surface area contributed by atoms with Crippen molar-refractivity contribution < 1.29 is 39.4 Å². The van der Waals surface area contributed by atoms with E-state index in [9.17, 15) is 34.8 Å². The summed E-state index contributed by atoms with van der Waals surface area (Å²) in [7, 11) is -10.7. The first-order valence-corrected chi connectivity index (χ1v) is 22.2. The molecule has 2 N–H and O–H groups in total. The first-order valence-electron chi connectivity index (χ1n) is 16.2. The van der Waals surface area contributed by atoms with E-state index in [-0.39, 0.29) is 35.2 Å². The van der Waals surface area contributed by atoms with Crippen LogP contribution in [0.15, 0.2) is 40.5 Å². The highest BCUT2D eigenvalue weighted by Crippen LogP contribution is 2.29. The largest absolute Gasteiger partial charge is 0.359 e. The van der Waals surface area contributed by atoms with Gasteiger partial charge < -0.3 is 15.2 Å². The van der Waals surface area contributed by atoms with Gasteiger partial charge in [0.05, 0.1) is 23.5 Å². The predicted molar refractivity (Wildman–Crippen MR) is 198 cm³/mol. The molecule has 19 heteroatoms. The smallest absolute Gasteiger partial charge is 0.247 e. The van der Waals surface area contributed by atoms with Crippen LogP contribution < -0.4 is 10.6 Å². The summed E-state index contributed by atoms with van der Waals surface area (Å²) in [4.78, 5) is 33.3. The number of thiazole rings is 1. The standard InChI is InChI=1S/C17H29N3O6S2.C15H19N3O3S2/c1-16(2,3)13-9-14(19-26-13)18-15(21)17(4,5)28(24,25)11-12-7-8-20(10-12)27(6,22)23;1-4-9-23(20,21)15(2,3)13(19)18-14-17-12(10-22-14)11-5-7-16-8-6-11/h9,12H,7-8,10-11H2,1-6H3,(H,18,19,21);5-8,10H,4,9H2,1-3H3,(H,17,18,19). The zero-order valence-corrected chi connectivity index (χ0v) is 33.6. The Bertz CT molecular complexity index is 2020. The maximum atomic E-state index is 12.9. The molecule has 1 aliphatic rings. The van der Waals surface area contributed by atoms with Crippen LogP contribution in [0.25, 0.3) is 11.3 Å². The maximum Gasteiger partial charge on any atom is 0.247 e. The molecule has 0 bridgehead atoms. The summed E-state index contributed by atoms with van der Waals surface area (Å²) in [6.45, 7) is 13.5. The lowest BCUT2D eigenvalue weighted by molar-refractivity contribution is -0.118. The highest BCUT2D eigenvalue weighted by molar-refractivity contribution is 7.93. The first kappa shape index (κ1) is 42.2. The second-order valence-electron chi connectivity index (χ2n) is 14.4. The van der Waals surface area contributed by atoms with Gasteiger partial charge in [0.2, 0.25) is 21.8 Å². The molecule has 51 heavy (non-hydrogen) atoms. The topological polar surface area (TPSA) is 216 Å². The monoisotopic (exact) mass is 788 g/mol. The highest BCUT2D eigenvalue weighted by atomic mass is 32.2. The Hall–Kier alpha value is -3.26. The molecule has 0 aliphatic carbocycles. The van der Waals surface area contributed by atoms with Crippen molar-refractivity contribution in [1.82, 2.24) is 19.4 Å². The van der Waals surface area contributed by atoms with E-state index in [1.54, 1.807) is 30.8 Å². The molecule has 4 rings (SSSR count). The molecule has 3 aromatic heterocycles. The number of aromatic nitrogens is 3. The fourth-order valence-electron chi connectivity index (χ4n) is 4.75. The number of carbonyl (C=O) groups is 2. The Morgan fingerprint density at radius 1 is 0.941 bits per heavy atom. The van der Waals surface area contributed by atoms with Crippen LogP contribution >= 0.6 is 11.3 Å². The summed E-state index contributed by atoms with van der Waals surface area (Å²) in [6, 6.07) is 5.20. The van der Waals surface area contributed by atoms with Crippen molar-refractivity contribution in [3.05, 3.63) is 41.7 Å². The third-order valence-corrected chi connectivity index (χ3v) is 15.9. The van der Waals surface area contributed by atoms with Crippen LogP contribution in [0.4, 0.5) is 10.9 Å². The second kappa shape index (κ2) is 15.8. The summed E-state index contributed by atoms with van der Waals surface area (Å²) >= 11 is 1.25. The van der Waals surface area contributed by atoms with E-state index in [4.69, 9.17) is 4.52 Å². The van der Waals surface area contributed by atoms with E-state index in [0.717, 1.165) is 11.8 Å². The van der Waals surface area contributed by atoms with E-state index in [0.29, 0.717) is 36.0 Å². The van der Waals surface area contributed by atoms with Gasteiger partial charge in [0.1, 0.15) is 15.3 Å². The number of nitrogens with one attached hydrogen (secondary N) is 2. The third-order valence-electron chi connectivity index (χ3n) is 8.49. The Balaban J connectivity index is 0.000000281. The van der Waals surface area contributed by atoms with Crippen LogP contribution in [0.3, 0.4) is 0 Å². The van der Waals surface area contributed by atoms with Gasteiger partial charge in [-0.25, -0.2) is 34.5 Å². The van der Waals surface area contributed by atoms with E-state index < -0.39 is 51.0 Å². The summed E-state index contributed by atoms with van der Waals surface area (Å²) in [5.41, 5.74) is 1.29. The number of rotatable bonds is 12. The summed E-state index contributed by atoms with van der Waals surface area (Å²) in [5, 5.41) is 11.1. The Morgan fingerprint density at radius 2 is 1.53 bits per heavy atom. The molecule has 15 nitrogen and oxygen atoms in total. The Morgan fingerprint density at radius 3 is 2.06 bits per heavy atom. The van der Waals surface area contributed by atoms with Crippen molar-refractivity contribution >= 4 is 63.8 Å². The van der Waals surface area contributed by atoms with Gasteiger partial charge in [0.15, 0.2) is 30.6 Å². The van der Waals surface area contributed by atoms with Crippen molar-refractivity contribution in [2.45, 2.75) is 83.1 Å². The van der Waals surface area contributed by atoms with Crippen LogP contribution in [0, 0.1) is 5.92 Å². The lowest BCUT2D eigenvalue weighted by Gasteiger charge is -2.25. The molecule has 4 heterocycles. The van der Waals surface area contributed by atoms with E-state index in [1.807, 2.05) is 32.9 Å². The molecule has 284 valence electrons. The van der Waals surface area contributed by atoms with Crippen LogP contribution in [0.1, 0.15) is 74.0 Å². The van der Waals surface area contributed by atoms with Crippen LogP contribution in [-0.4, -0.2) is 96.8 Å². The molecule has 2 amide bonds. The van der Waals surface area contributed by atoms with Gasteiger partial charge in [-0.2, -0.15) is 0 Å². The number of hydrogen-bond acceptors (Lipinski definition) is 13. The Kier molecular flexibility index (Phi) is 13.0. The van der Waals surface area contributed by atoms with Gasteiger partial charge in [0.25, 0.3) is 0 Å². The van der Waals surface area contributed by atoms with Crippen molar-refractivity contribution in [1.29, 1.82) is 0 Å². The molecule has 3 aromatic rings. The number of amides is 2. The number of anilines is 2. The van der Waals surface area contributed by atoms with Crippen LogP contribution in [-0.2, 0) is 44.7 Å². The van der Waals surface area contributed by atoms with Crippen molar-refractivity contribution in [2.24, 2.45) is 5.92 Å². The maximum absolute atomic E-state index is 12.9. The number of sulfonamides is 1. The fraction of sp³-hybridized carbons (Fsp3) is 0.594. The van der Waals surface area contributed by atoms with E-state index in [2.05, 4.69) is 25.8 Å². The number of pyridine rings is 1. The van der Waals surface area contributed by atoms with Crippen LogP contribution in [0.2, 0.25) is 0 Å². The zero-order valence-electron chi connectivity index (χ0n) is 30.4. The average Bonchev–Trinajstić information content (AvgIpc) is 3.79. The van der Waals surface area contributed by atoms with E-state index in [1.165, 1.54) is 43.3 Å². The molecule has 1 fully saturated rings.